The third-order valence-electron chi connectivity index (χ3n) is 3.99. The van der Waals surface area contributed by atoms with Gasteiger partial charge in [0.2, 0.25) is 0 Å². The van der Waals surface area contributed by atoms with Crippen LogP contribution in [0.25, 0.3) is 0 Å². The van der Waals surface area contributed by atoms with E-state index in [9.17, 15) is 9.18 Å². The monoisotopic (exact) mass is 409 g/mol. The lowest BCUT2D eigenvalue weighted by Gasteiger charge is -2.13. The summed E-state index contributed by atoms with van der Waals surface area (Å²) in [5.74, 6) is -0.0753. The molecule has 0 unspecified atom stereocenters. The van der Waals surface area contributed by atoms with Gasteiger partial charge in [0, 0.05) is 12.1 Å². The lowest BCUT2D eigenvalue weighted by atomic mass is 10.0. The smallest absolute Gasteiger partial charge is 0.276 e. The van der Waals surface area contributed by atoms with E-state index in [1.807, 2.05) is 54.6 Å². The molecule has 0 atom stereocenters. The molecule has 3 aromatic carbocycles. The Balaban J connectivity index is 1.47. The predicted octanol–water partition coefficient (Wildman–Crippen LogP) is 3.81. The maximum absolute atomic E-state index is 12.9. The van der Waals surface area contributed by atoms with Crippen LogP contribution in [0.2, 0.25) is 0 Å². The quantitative estimate of drug-likeness (QED) is 0.427. The van der Waals surface area contributed by atoms with Crippen LogP contribution in [0.15, 0.2) is 78.9 Å². The topological polar surface area (TPSA) is 62.4 Å². The average Bonchev–Trinajstić information content (AvgIpc) is 2.74. The Kier molecular flexibility index (Phi) is 7.13. The molecule has 0 aromatic heterocycles. The van der Waals surface area contributed by atoms with E-state index in [1.54, 1.807) is 0 Å². The highest BCUT2D eigenvalue weighted by Gasteiger charge is 2.08. The molecule has 0 aliphatic rings. The van der Waals surface area contributed by atoms with Crippen molar-refractivity contribution in [3.63, 3.8) is 0 Å². The van der Waals surface area contributed by atoms with E-state index >= 15 is 0 Å². The molecule has 0 fully saturated rings. The number of carbonyl (C=O) groups is 1. The van der Waals surface area contributed by atoms with Crippen molar-refractivity contribution in [1.82, 2.24) is 10.9 Å². The van der Waals surface area contributed by atoms with Gasteiger partial charge in [-0.3, -0.25) is 15.6 Å². The van der Waals surface area contributed by atoms with Crippen LogP contribution < -0.4 is 20.9 Å². The Morgan fingerprint density at radius 3 is 2.34 bits per heavy atom. The van der Waals surface area contributed by atoms with Crippen molar-refractivity contribution in [1.29, 1.82) is 0 Å². The summed E-state index contributed by atoms with van der Waals surface area (Å²) >= 11 is 5.09. The Labute approximate surface area is 173 Å². The number of thiocarbonyl (C=S) groups is 1. The molecule has 3 aromatic rings. The fraction of sp³-hybridized carbons (Fsp3) is 0.0909. The standard InChI is InChI=1S/C22H20FN3O2S/c23-18-10-12-19(13-11-18)24-22(29)26-25-21(27)15-28-20-9-5-4-8-17(20)14-16-6-2-1-3-7-16/h1-13H,14-15H2,(H,25,27)(H2,24,26,29). The van der Waals surface area contributed by atoms with Gasteiger partial charge in [-0.15, -0.1) is 0 Å². The van der Waals surface area contributed by atoms with Gasteiger partial charge in [-0.05, 0) is 53.7 Å². The molecule has 0 spiro atoms. The van der Waals surface area contributed by atoms with Crippen molar-refractivity contribution in [2.75, 3.05) is 11.9 Å². The SMILES string of the molecule is O=C(COc1ccccc1Cc1ccccc1)NNC(=S)Nc1ccc(F)cc1. The number of carbonyl (C=O) groups excluding carboxylic acids is 1. The number of benzene rings is 3. The van der Waals surface area contributed by atoms with E-state index in [4.69, 9.17) is 17.0 Å². The van der Waals surface area contributed by atoms with Gasteiger partial charge in [-0.25, -0.2) is 4.39 Å². The molecule has 0 aliphatic carbocycles. The molecule has 1 amide bonds. The summed E-state index contributed by atoms with van der Waals surface area (Å²) in [6.45, 7) is -0.169. The van der Waals surface area contributed by atoms with E-state index in [0.717, 1.165) is 11.1 Å². The molecule has 0 saturated heterocycles. The number of anilines is 1. The second-order valence-electron chi connectivity index (χ2n) is 6.19. The predicted molar refractivity (Wildman–Crippen MR) is 115 cm³/mol. The Morgan fingerprint density at radius 1 is 0.897 bits per heavy atom. The van der Waals surface area contributed by atoms with Crippen molar-refractivity contribution in [3.8, 4) is 5.75 Å². The molecule has 0 radical (unpaired) electrons. The molecule has 0 bridgehead atoms. The van der Waals surface area contributed by atoms with Crippen LogP contribution in [0.4, 0.5) is 10.1 Å². The number of rotatable bonds is 6. The highest BCUT2D eigenvalue weighted by Crippen LogP contribution is 2.21. The third kappa shape index (κ3) is 6.58. The van der Waals surface area contributed by atoms with Crippen LogP contribution >= 0.6 is 12.2 Å². The first kappa shape index (κ1) is 20.3. The van der Waals surface area contributed by atoms with Crippen LogP contribution in [0.3, 0.4) is 0 Å². The summed E-state index contributed by atoms with van der Waals surface area (Å²) in [7, 11) is 0. The number of amides is 1. The molecule has 0 saturated carbocycles. The Morgan fingerprint density at radius 2 is 1.59 bits per heavy atom. The van der Waals surface area contributed by atoms with E-state index in [1.165, 1.54) is 24.3 Å². The maximum Gasteiger partial charge on any atom is 0.276 e. The van der Waals surface area contributed by atoms with Gasteiger partial charge < -0.3 is 10.1 Å². The van der Waals surface area contributed by atoms with Crippen LogP contribution in [-0.4, -0.2) is 17.6 Å². The van der Waals surface area contributed by atoms with E-state index in [0.29, 0.717) is 17.9 Å². The number of hydrogen-bond donors (Lipinski definition) is 3. The minimum atomic E-state index is -0.386. The maximum atomic E-state index is 12.9. The fourth-order valence-electron chi connectivity index (χ4n) is 2.61. The molecule has 7 heteroatoms. The summed E-state index contributed by atoms with van der Waals surface area (Å²) in [5.41, 5.74) is 7.80. The summed E-state index contributed by atoms with van der Waals surface area (Å²) in [5, 5.41) is 3.01. The summed E-state index contributed by atoms with van der Waals surface area (Å²) < 4.78 is 18.6. The number of nitrogens with one attached hydrogen (secondary N) is 3. The first-order valence-corrected chi connectivity index (χ1v) is 9.37. The van der Waals surface area contributed by atoms with Gasteiger partial charge in [0.25, 0.3) is 5.91 Å². The average molecular weight is 409 g/mol. The van der Waals surface area contributed by atoms with Crippen molar-refractivity contribution in [3.05, 3.63) is 95.8 Å². The van der Waals surface area contributed by atoms with E-state index < -0.39 is 0 Å². The zero-order valence-corrected chi connectivity index (χ0v) is 16.3. The van der Waals surface area contributed by atoms with Gasteiger partial charge in [-0.1, -0.05) is 48.5 Å². The highest BCUT2D eigenvalue weighted by molar-refractivity contribution is 7.80. The molecule has 3 rings (SSSR count). The van der Waals surface area contributed by atoms with Crippen LogP contribution in [0, 0.1) is 5.82 Å². The minimum Gasteiger partial charge on any atom is -0.483 e. The molecule has 3 N–H and O–H groups in total. The lowest BCUT2D eigenvalue weighted by Crippen LogP contribution is -2.45. The van der Waals surface area contributed by atoms with Crippen molar-refractivity contribution in [2.24, 2.45) is 0 Å². The lowest BCUT2D eigenvalue weighted by molar-refractivity contribution is -0.123. The summed E-state index contributed by atoms with van der Waals surface area (Å²) in [4.78, 5) is 12.1. The fourth-order valence-corrected chi connectivity index (χ4v) is 2.78. The second-order valence-corrected chi connectivity index (χ2v) is 6.60. The van der Waals surface area contributed by atoms with Crippen LogP contribution in [-0.2, 0) is 11.2 Å². The van der Waals surface area contributed by atoms with Crippen molar-refractivity contribution in [2.45, 2.75) is 6.42 Å². The van der Waals surface area contributed by atoms with Gasteiger partial charge in [0.1, 0.15) is 11.6 Å². The second kappa shape index (κ2) is 10.2. The summed E-state index contributed by atoms with van der Waals surface area (Å²) in [6.07, 6.45) is 0.711. The van der Waals surface area contributed by atoms with Crippen LogP contribution in [0.5, 0.6) is 5.75 Å². The number of halogens is 1. The number of ether oxygens (including phenoxy) is 1. The summed E-state index contributed by atoms with van der Waals surface area (Å²) in [6, 6.07) is 23.3. The molecule has 5 nitrogen and oxygen atoms in total. The molecular formula is C22H20FN3O2S. The highest BCUT2D eigenvalue weighted by atomic mass is 32.1. The third-order valence-corrected chi connectivity index (χ3v) is 4.19. The largest absolute Gasteiger partial charge is 0.483 e. The van der Waals surface area contributed by atoms with Crippen molar-refractivity contribution < 1.29 is 13.9 Å². The Hall–Kier alpha value is -3.45. The zero-order valence-electron chi connectivity index (χ0n) is 15.5. The minimum absolute atomic E-state index is 0.169. The van der Waals surface area contributed by atoms with Gasteiger partial charge in [0.15, 0.2) is 11.7 Å². The molecule has 0 heterocycles. The molecule has 0 aliphatic heterocycles. The van der Waals surface area contributed by atoms with E-state index in [-0.39, 0.29) is 23.4 Å². The Bertz CT molecular complexity index is 965. The van der Waals surface area contributed by atoms with Gasteiger partial charge in [-0.2, -0.15) is 0 Å². The molecular weight excluding hydrogens is 389 g/mol. The van der Waals surface area contributed by atoms with Gasteiger partial charge >= 0.3 is 0 Å². The molecule has 148 valence electrons. The first-order chi connectivity index (χ1) is 14.1. The first-order valence-electron chi connectivity index (χ1n) is 8.96. The number of para-hydroxylation sites is 1. The van der Waals surface area contributed by atoms with E-state index in [2.05, 4.69) is 16.2 Å². The molecule has 29 heavy (non-hydrogen) atoms. The normalized spacial score (nSPS) is 10.1. The number of hydrazine groups is 1. The van der Waals surface area contributed by atoms with Crippen molar-refractivity contribution >= 4 is 28.9 Å². The van der Waals surface area contributed by atoms with Crippen LogP contribution in [0.1, 0.15) is 11.1 Å². The zero-order chi connectivity index (χ0) is 20.5. The van der Waals surface area contributed by atoms with Gasteiger partial charge in [0.05, 0.1) is 0 Å². The number of hydrogen-bond acceptors (Lipinski definition) is 3.